The third kappa shape index (κ3) is 3.65. The van der Waals surface area contributed by atoms with Gasteiger partial charge >= 0.3 is 6.03 Å². The molecule has 3 amide bonds. The number of carbonyl (C=O) groups excluding carboxylic acids is 2. The molecule has 0 bridgehead atoms. The maximum Gasteiger partial charge on any atom is 0.323 e. The predicted octanol–water partition coefficient (Wildman–Crippen LogP) is -4.18. The lowest BCUT2D eigenvalue weighted by atomic mass is 10.1. The Morgan fingerprint density at radius 3 is 2.52 bits per heavy atom. The summed E-state index contributed by atoms with van der Waals surface area (Å²) in [4.78, 5) is 28.4. The first-order chi connectivity index (χ1) is 10.9. The van der Waals surface area contributed by atoms with Crippen LogP contribution in [-0.4, -0.2) is 92.3 Å². The van der Waals surface area contributed by atoms with Crippen molar-refractivity contribution in [2.75, 3.05) is 19.8 Å². The minimum atomic E-state index is -1.64. The smallest absolute Gasteiger partial charge is 0.323 e. The van der Waals surface area contributed by atoms with E-state index in [4.69, 9.17) is 5.11 Å². The van der Waals surface area contributed by atoms with Crippen LogP contribution in [0, 0.1) is 0 Å². The minimum absolute atomic E-state index is 0.0828. The Morgan fingerprint density at radius 1 is 1.22 bits per heavy atom. The monoisotopic (exact) mass is 330 g/mol. The van der Waals surface area contributed by atoms with Crippen molar-refractivity contribution in [3.63, 3.8) is 0 Å². The average molecular weight is 330 g/mol. The highest BCUT2D eigenvalue weighted by atomic mass is 16.4. The van der Waals surface area contributed by atoms with Crippen LogP contribution in [0.1, 0.15) is 0 Å². The van der Waals surface area contributed by atoms with Crippen molar-refractivity contribution < 1.29 is 35.1 Å². The molecule has 0 aromatic carbocycles. The molecule has 2 aliphatic heterocycles. The standard InChI is InChI=1S/C12H18N4O7/c17-3-5-1-16(2-6(19)9(21)7(20)4-18)10-8(13-5)11(22)15-12(23)14-10/h1,6-7,9-10,17-21H,2-4H2,(H2,14,15,22,23)/t6-,7+,9-,10?/m0/s1. The zero-order valence-corrected chi connectivity index (χ0v) is 12.0. The number of amides is 3. The van der Waals surface area contributed by atoms with Gasteiger partial charge in [-0.05, 0) is 0 Å². The Bertz CT molecular complexity index is 550. The van der Waals surface area contributed by atoms with E-state index in [0.717, 1.165) is 0 Å². The number of hydrogen-bond donors (Lipinski definition) is 7. The number of aliphatic hydroxyl groups is 5. The summed E-state index contributed by atoms with van der Waals surface area (Å²) in [6.07, 6.45) is -4.35. The van der Waals surface area contributed by atoms with Crippen LogP contribution in [0.25, 0.3) is 0 Å². The van der Waals surface area contributed by atoms with Gasteiger partial charge in [-0.1, -0.05) is 0 Å². The molecule has 2 aliphatic rings. The summed E-state index contributed by atoms with van der Waals surface area (Å²) in [5.41, 5.74) is 0.0347. The summed E-state index contributed by atoms with van der Waals surface area (Å²) in [6, 6.07) is -0.754. The summed E-state index contributed by atoms with van der Waals surface area (Å²) in [5, 5.41) is 51.4. The Labute approximate surface area is 130 Å². The van der Waals surface area contributed by atoms with Crippen molar-refractivity contribution in [1.29, 1.82) is 0 Å². The number of rotatable bonds is 6. The van der Waals surface area contributed by atoms with Crippen molar-refractivity contribution in [2.45, 2.75) is 24.5 Å². The number of urea groups is 1. The zero-order chi connectivity index (χ0) is 17.1. The molecule has 11 heteroatoms. The van der Waals surface area contributed by atoms with Crippen molar-refractivity contribution in [3.8, 4) is 0 Å². The van der Waals surface area contributed by atoms with E-state index >= 15 is 0 Å². The van der Waals surface area contributed by atoms with Crippen molar-refractivity contribution >= 4 is 17.6 Å². The molecule has 0 aromatic heterocycles. The van der Waals surface area contributed by atoms with Crippen molar-refractivity contribution in [2.24, 2.45) is 4.99 Å². The molecule has 4 atom stereocenters. The van der Waals surface area contributed by atoms with Gasteiger partial charge in [0, 0.05) is 12.7 Å². The molecule has 0 saturated carbocycles. The van der Waals surface area contributed by atoms with Crippen molar-refractivity contribution in [1.82, 2.24) is 15.5 Å². The van der Waals surface area contributed by atoms with E-state index in [1.54, 1.807) is 0 Å². The van der Waals surface area contributed by atoms with Crippen LogP contribution in [0.15, 0.2) is 16.9 Å². The maximum atomic E-state index is 11.8. The Kier molecular flexibility index (Phi) is 5.28. The quantitative estimate of drug-likeness (QED) is 0.256. The van der Waals surface area contributed by atoms with E-state index in [9.17, 15) is 30.0 Å². The molecular formula is C12H18N4O7. The second-order valence-electron chi connectivity index (χ2n) is 5.11. The summed E-state index contributed by atoms with van der Waals surface area (Å²) in [5.74, 6) is -0.742. The number of fused-ring (bicyclic) bond motifs is 1. The third-order valence-corrected chi connectivity index (χ3v) is 3.43. The molecule has 0 spiro atoms. The number of imide groups is 1. The van der Waals surface area contributed by atoms with Crippen LogP contribution in [0.3, 0.4) is 0 Å². The van der Waals surface area contributed by atoms with Crippen LogP contribution in [0.4, 0.5) is 4.79 Å². The predicted molar refractivity (Wildman–Crippen MR) is 74.9 cm³/mol. The maximum absolute atomic E-state index is 11.8. The topological polar surface area (TPSA) is 175 Å². The first-order valence-electron chi connectivity index (χ1n) is 6.80. The molecule has 1 fully saturated rings. The fourth-order valence-electron chi connectivity index (χ4n) is 2.24. The van der Waals surface area contributed by atoms with Crippen molar-refractivity contribution in [3.05, 3.63) is 11.9 Å². The number of β-amino-alcohol motifs (C(OH)–C–C–N with tert-alkyl or cyclic N) is 1. The molecule has 2 heterocycles. The first kappa shape index (κ1) is 17.3. The van der Waals surface area contributed by atoms with E-state index in [1.165, 1.54) is 11.1 Å². The van der Waals surface area contributed by atoms with Crippen LogP contribution in [0.2, 0.25) is 0 Å². The average Bonchev–Trinajstić information content (AvgIpc) is 2.53. The van der Waals surface area contributed by atoms with Gasteiger partial charge in [0.15, 0.2) is 6.17 Å². The minimum Gasteiger partial charge on any atom is -0.394 e. The SMILES string of the molecule is O=C1NC(=O)C2=NC(CO)=CN(C[C@H](O)[C@H](O)[C@H](O)CO)C2N1. The second-order valence-corrected chi connectivity index (χ2v) is 5.11. The van der Waals surface area contributed by atoms with Gasteiger partial charge in [-0.15, -0.1) is 0 Å². The number of hydrogen-bond acceptors (Lipinski definition) is 9. The number of nitrogens with one attached hydrogen (secondary N) is 2. The number of aliphatic imine (C=N–C) groups is 1. The molecule has 23 heavy (non-hydrogen) atoms. The summed E-state index contributed by atoms with van der Waals surface area (Å²) in [6.45, 7) is -1.52. The van der Waals surface area contributed by atoms with Gasteiger partial charge in [0.05, 0.1) is 18.9 Å². The largest absolute Gasteiger partial charge is 0.394 e. The van der Waals surface area contributed by atoms with Crippen LogP contribution in [-0.2, 0) is 4.79 Å². The molecule has 0 aromatic rings. The highest BCUT2D eigenvalue weighted by Crippen LogP contribution is 2.17. The fraction of sp³-hybridized carbons (Fsp3) is 0.583. The lowest BCUT2D eigenvalue weighted by Crippen LogP contribution is -2.66. The third-order valence-electron chi connectivity index (χ3n) is 3.43. The van der Waals surface area contributed by atoms with Gasteiger partial charge in [0.1, 0.15) is 24.0 Å². The lowest BCUT2D eigenvalue weighted by Gasteiger charge is -2.38. The summed E-state index contributed by atoms with van der Waals surface area (Å²) in [7, 11) is 0. The lowest BCUT2D eigenvalue weighted by molar-refractivity contribution is -0.114. The molecule has 1 saturated heterocycles. The second kappa shape index (κ2) is 7.02. The van der Waals surface area contributed by atoms with Crippen LogP contribution < -0.4 is 10.6 Å². The van der Waals surface area contributed by atoms with E-state index in [-0.39, 0.29) is 18.0 Å². The van der Waals surface area contributed by atoms with Gasteiger partial charge in [-0.3, -0.25) is 10.1 Å². The molecule has 11 nitrogen and oxygen atoms in total. The van der Waals surface area contributed by atoms with E-state index in [2.05, 4.69) is 10.3 Å². The molecule has 1 unspecified atom stereocenters. The molecular weight excluding hydrogens is 312 g/mol. The van der Waals surface area contributed by atoms with E-state index < -0.39 is 49.6 Å². The summed E-state index contributed by atoms with van der Waals surface area (Å²) < 4.78 is 0. The molecule has 128 valence electrons. The van der Waals surface area contributed by atoms with E-state index in [1.807, 2.05) is 5.32 Å². The molecule has 7 N–H and O–H groups in total. The summed E-state index contributed by atoms with van der Waals surface area (Å²) >= 11 is 0. The highest BCUT2D eigenvalue weighted by Gasteiger charge is 2.38. The number of nitrogens with zero attached hydrogens (tertiary/aromatic N) is 2. The van der Waals surface area contributed by atoms with Gasteiger partial charge in [0.2, 0.25) is 0 Å². The van der Waals surface area contributed by atoms with Crippen LogP contribution in [0.5, 0.6) is 0 Å². The number of carbonyl (C=O) groups is 2. The normalized spacial score (nSPS) is 24.7. The van der Waals surface area contributed by atoms with Gasteiger partial charge in [0.25, 0.3) is 5.91 Å². The molecule has 0 radical (unpaired) electrons. The van der Waals surface area contributed by atoms with Gasteiger partial charge < -0.3 is 35.7 Å². The Hall–Kier alpha value is -2.05. The molecule has 2 rings (SSSR count). The Balaban J connectivity index is 2.19. The van der Waals surface area contributed by atoms with Gasteiger partial charge in [-0.2, -0.15) is 0 Å². The first-order valence-corrected chi connectivity index (χ1v) is 6.80. The Morgan fingerprint density at radius 2 is 1.91 bits per heavy atom. The van der Waals surface area contributed by atoms with E-state index in [0.29, 0.717) is 0 Å². The zero-order valence-electron chi connectivity index (χ0n) is 12.0. The highest BCUT2D eigenvalue weighted by molar-refractivity contribution is 6.45. The van der Waals surface area contributed by atoms with Gasteiger partial charge in [-0.25, -0.2) is 9.79 Å². The van der Waals surface area contributed by atoms with Crippen LogP contribution >= 0.6 is 0 Å². The molecule has 0 aliphatic carbocycles. The fourth-order valence-corrected chi connectivity index (χ4v) is 2.24. The number of aliphatic hydroxyl groups excluding tert-OH is 5.